The summed E-state index contributed by atoms with van der Waals surface area (Å²) >= 11 is 0. The highest BCUT2D eigenvalue weighted by molar-refractivity contribution is 6.06. The van der Waals surface area contributed by atoms with Gasteiger partial charge < -0.3 is 4.90 Å². The van der Waals surface area contributed by atoms with Crippen molar-refractivity contribution in [3.05, 3.63) is 81.5 Å². The van der Waals surface area contributed by atoms with E-state index in [9.17, 15) is 14.9 Å². The Morgan fingerprint density at radius 3 is 2.54 bits per heavy atom. The summed E-state index contributed by atoms with van der Waals surface area (Å²) < 4.78 is 0. The topological polar surface area (TPSA) is 63.5 Å². The zero-order chi connectivity index (χ0) is 17.5. The Morgan fingerprint density at radius 1 is 1.17 bits per heavy atom. The van der Waals surface area contributed by atoms with E-state index in [1.807, 2.05) is 30.1 Å². The maximum atomic E-state index is 12.6. The van der Waals surface area contributed by atoms with Crippen LogP contribution in [-0.2, 0) is 5.41 Å². The number of non-ortho nitro benzene ring substituents is 1. The molecule has 1 aliphatic rings. The van der Waals surface area contributed by atoms with Crippen LogP contribution >= 0.6 is 0 Å². The van der Waals surface area contributed by atoms with Gasteiger partial charge in [0.1, 0.15) is 0 Å². The molecule has 0 aromatic heterocycles. The number of nitrogens with zero attached hydrogens (tertiary/aromatic N) is 2. The van der Waals surface area contributed by atoms with Gasteiger partial charge in [0.25, 0.3) is 5.69 Å². The smallest absolute Gasteiger partial charge is 0.270 e. The Bertz CT molecular complexity index is 868. The normalized spacial score (nSPS) is 17.0. The average molecular weight is 322 g/mol. The number of allylic oxidation sites excluding steroid dienone is 2. The van der Waals surface area contributed by atoms with Crippen molar-refractivity contribution in [3.8, 4) is 0 Å². The van der Waals surface area contributed by atoms with Gasteiger partial charge in [0, 0.05) is 47.6 Å². The third-order valence-electron chi connectivity index (χ3n) is 4.55. The maximum Gasteiger partial charge on any atom is 0.270 e. The van der Waals surface area contributed by atoms with Crippen LogP contribution in [0.3, 0.4) is 0 Å². The standard InChI is InChI=1S/C19H18N2O3/c1-19(2)15-9-4-5-10-16(15)20(3)18(19)12-17(22)13-7-6-8-14(11-13)21(23)24/h4-12H,1-3H3/b18-12-. The third-order valence-corrected chi connectivity index (χ3v) is 4.55. The molecule has 0 saturated carbocycles. The number of carbonyl (C=O) groups is 1. The van der Waals surface area contributed by atoms with E-state index in [1.165, 1.54) is 18.2 Å². The number of para-hydroxylation sites is 1. The minimum atomic E-state index is -0.495. The zero-order valence-corrected chi connectivity index (χ0v) is 13.8. The van der Waals surface area contributed by atoms with Crippen LogP contribution in [0.2, 0.25) is 0 Å². The Balaban J connectivity index is 2.02. The predicted octanol–water partition coefficient (Wildman–Crippen LogP) is 4.09. The SMILES string of the molecule is CN1/C(=C\C(=O)c2cccc([N+](=O)[O-])c2)C(C)(C)c2ccccc21. The molecule has 5 heteroatoms. The van der Waals surface area contributed by atoms with Crippen LogP contribution in [0.25, 0.3) is 0 Å². The monoisotopic (exact) mass is 322 g/mol. The Labute approximate surface area is 140 Å². The molecule has 0 radical (unpaired) electrons. The number of ketones is 1. The molecule has 0 unspecified atom stereocenters. The summed E-state index contributed by atoms with van der Waals surface area (Å²) in [5, 5.41) is 10.9. The molecule has 0 aliphatic carbocycles. The first-order valence-corrected chi connectivity index (χ1v) is 7.66. The van der Waals surface area contributed by atoms with Crippen molar-refractivity contribution in [2.75, 3.05) is 11.9 Å². The first-order chi connectivity index (χ1) is 11.3. The number of nitro groups is 1. The fraction of sp³-hybridized carbons (Fsp3) is 0.211. The molecule has 1 aliphatic heterocycles. The summed E-state index contributed by atoms with van der Waals surface area (Å²) in [6, 6.07) is 13.9. The number of carbonyl (C=O) groups excluding carboxylic acids is 1. The van der Waals surface area contributed by atoms with E-state index in [-0.39, 0.29) is 16.9 Å². The van der Waals surface area contributed by atoms with Gasteiger partial charge in [0.05, 0.1) is 4.92 Å². The van der Waals surface area contributed by atoms with Crippen LogP contribution in [0.1, 0.15) is 29.8 Å². The predicted molar refractivity (Wildman–Crippen MR) is 93.4 cm³/mol. The lowest BCUT2D eigenvalue weighted by atomic mass is 9.83. The van der Waals surface area contributed by atoms with Gasteiger partial charge in [-0.05, 0) is 11.6 Å². The molecule has 2 aromatic carbocycles. The highest BCUT2D eigenvalue weighted by atomic mass is 16.6. The third kappa shape index (κ3) is 2.48. The fourth-order valence-corrected chi connectivity index (χ4v) is 3.24. The van der Waals surface area contributed by atoms with Crippen LogP contribution in [0.15, 0.2) is 60.3 Å². The quantitative estimate of drug-likeness (QED) is 0.369. The second-order valence-electron chi connectivity index (χ2n) is 6.40. The van der Waals surface area contributed by atoms with Gasteiger partial charge in [-0.1, -0.05) is 44.2 Å². The average Bonchev–Trinajstić information content (AvgIpc) is 2.76. The van der Waals surface area contributed by atoms with Gasteiger partial charge in [-0.3, -0.25) is 14.9 Å². The Morgan fingerprint density at radius 2 is 1.88 bits per heavy atom. The maximum absolute atomic E-state index is 12.6. The lowest BCUT2D eigenvalue weighted by molar-refractivity contribution is -0.384. The van der Waals surface area contributed by atoms with E-state index in [4.69, 9.17) is 0 Å². The fourth-order valence-electron chi connectivity index (χ4n) is 3.24. The summed E-state index contributed by atoms with van der Waals surface area (Å²) in [6.45, 7) is 4.14. The molecule has 3 rings (SSSR count). The van der Waals surface area contributed by atoms with E-state index < -0.39 is 4.92 Å². The van der Waals surface area contributed by atoms with Crippen molar-refractivity contribution in [1.29, 1.82) is 0 Å². The molecule has 2 aromatic rings. The van der Waals surface area contributed by atoms with E-state index in [0.717, 1.165) is 16.9 Å². The van der Waals surface area contributed by atoms with E-state index in [0.29, 0.717) is 5.56 Å². The van der Waals surface area contributed by atoms with Crippen LogP contribution in [-0.4, -0.2) is 17.8 Å². The first-order valence-electron chi connectivity index (χ1n) is 7.66. The van der Waals surface area contributed by atoms with Crippen molar-refractivity contribution >= 4 is 17.2 Å². The van der Waals surface area contributed by atoms with E-state index in [2.05, 4.69) is 19.9 Å². The summed E-state index contributed by atoms with van der Waals surface area (Å²) in [5.41, 5.74) is 3.03. The summed E-state index contributed by atoms with van der Waals surface area (Å²) in [5.74, 6) is -0.235. The summed E-state index contributed by atoms with van der Waals surface area (Å²) in [4.78, 5) is 25.0. The number of hydrogen-bond donors (Lipinski definition) is 0. The van der Waals surface area contributed by atoms with Crippen molar-refractivity contribution in [3.63, 3.8) is 0 Å². The molecule has 5 nitrogen and oxygen atoms in total. The highest BCUT2D eigenvalue weighted by Crippen LogP contribution is 2.46. The zero-order valence-electron chi connectivity index (χ0n) is 13.8. The molecule has 0 spiro atoms. The van der Waals surface area contributed by atoms with E-state index in [1.54, 1.807) is 12.1 Å². The van der Waals surface area contributed by atoms with Crippen molar-refractivity contribution < 1.29 is 9.72 Å². The van der Waals surface area contributed by atoms with Gasteiger partial charge in [0.2, 0.25) is 0 Å². The number of likely N-dealkylation sites (N-methyl/N-ethyl adjacent to an activating group) is 1. The molecule has 0 amide bonds. The summed E-state index contributed by atoms with van der Waals surface area (Å²) in [6.07, 6.45) is 1.58. The van der Waals surface area contributed by atoms with Crippen LogP contribution in [0.5, 0.6) is 0 Å². The molecule has 0 N–H and O–H groups in total. The molecule has 0 atom stereocenters. The highest BCUT2D eigenvalue weighted by Gasteiger charge is 2.38. The second-order valence-corrected chi connectivity index (χ2v) is 6.40. The number of benzene rings is 2. The molecule has 122 valence electrons. The minimum Gasteiger partial charge on any atom is -0.347 e. The van der Waals surface area contributed by atoms with Gasteiger partial charge in [-0.15, -0.1) is 0 Å². The molecular weight excluding hydrogens is 304 g/mol. The van der Waals surface area contributed by atoms with Crippen molar-refractivity contribution in [2.24, 2.45) is 0 Å². The van der Waals surface area contributed by atoms with Crippen molar-refractivity contribution in [1.82, 2.24) is 0 Å². The number of nitro benzene ring substituents is 1. The van der Waals surface area contributed by atoms with Crippen LogP contribution < -0.4 is 4.90 Å². The second kappa shape index (κ2) is 5.60. The minimum absolute atomic E-state index is 0.0819. The molecule has 0 bridgehead atoms. The van der Waals surface area contributed by atoms with Gasteiger partial charge >= 0.3 is 0 Å². The van der Waals surface area contributed by atoms with Gasteiger partial charge in [-0.25, -0.2) is 0 Å². The van der Waals surface area contributed by atoms with Gasteiger partial charge in [-0.2, -0.15) is 0 Å². The lowest BCUT2D eigenvalue weighted by Crippen LogP contribution is -2.24. The molecule has 0 fully saturated rings. The molecule has 1 heterocycles. The molecule has 0 saturated heterocycles. The molecule has 24 heavy (non-hydrogen) atoms. The van der Waals surface area contributed by atoms with E-state index >= 15 is 0 Å². The molecular formula is C19H18N2O3. The number of fused-ring (bicyclic) bond motifs is 1. The lowest BCUT2D eigenvalue weighted by Gasteiger charge is -2.23. The Hall–Kier alpha value is -2.95. The largest absolute Gasteiger partial charge is 0.347 e. The first kappa shape index (κ1) is 15.9. The summed E-state index contributed by atoms with van der Waals surface area (Å²) in [7, 11) is 1.93. The van der Waals surface area contributed by atoms with Crippen LogP contribution in [0, 0.1) is 10.1 Å². The number of rotatable bonds is 3. The number of hydrogen-bond acceptors (Lipinski definition) is 4. The van der Waals surface area contributed by atoms with Crippen LogP contribution in [0.4, 0.5) is 11.4 Å². The van der Waals surface area contributed by atoms with Crippen molar-refractivity contribution in [2.45, 2.75) is 19.3 Å². The Kier molecular flexibility index (Phi) is 3.72. The number of anilines is 1. The van der Waals surface area contributed by atoms with Gasteiger partial charge in [0.15, 0.2) is 5.78 Å².